The molecule has 0 unspecified atom stereocenters. The molecule has 1 rings (SSSR count). The first kappa shape index (κ1) is 26.4. The smallest absolute Gasteiger partial charge is 0.229 e. The summed E-state index contributed by atoms with van der Waals surface area (Å²) in [6, 6.07) is 0. The van der Waals surface area contributed by atoms with E-state index in [2.05, 4.69) is 38.1 Å². The summed E-state index contributed by atoms with van der Waals surface area (Å²) in [5.74, 6) is -1.29. The average molecular weight is 440 g/mol. The van der Waals surface area contributed by atoms with Crippen molar-refractivity contribution in [2.45, 2.75) is 19.8 Å². The number of carbonyl (C=O) groups excluding carboxylic acids is 4. The molecule has 5 N–H and O–H groups in total. The fraction of sp³-hybridized carbons (Fsp3) is 0.700. The van der Waals surface area contributed by atoms with E-state index in [0.29, 0.717) is 65.4 Å². The Labute approximate surface area is 184 Å². The summed E-state index contributed by atoms with van der Waals surface area (Å²) < 4.78 is 0. The van der Waals surface area contributed by atoms with E-state index in [1.807, 2.05) is 18.9 Å². The van der Waals surface area contributed by atoms with E-state index < -0.39 is 0 Å². The lowest BCUT2D eigenvalue weighted by molar-refractivity contribution is -0.130. The van der Waals surface area contributed by atoms with E-state index in [9.17, 15) is 19.2 Å². The highest BCUT2D eigenvalue weighted by atomic mass is 16.2. The van der Waals surface area contributed by atoms with E-state index in [0.717, 1.165) is 5.70 Å². The van der Waals surface area contributed by atoms with Crippen LogP contribution in [0.1, 0.15) is 19.8 Å². The molecule has 11 nitrogen and oxygen atoms in total. The molecule has 4 amide bonds. The molecule has 0 atom stereocenters. The summed E-state index contributed by atoms with van der Waals surface area (Å²) >= 11 is 0. The molecule has 1 aliphatic heterocycles. The first-order valence-electron chi connectivity index (χ1n) is 10.6. The Bertz CT molecular complexity index is 585. The van der Waals surface area contributed by atoms with Gasteiger partial charge < -0.3 is 31.5 Å². The quantitative estimate of drug-likeness (QED) is 0.308. The van der Waals surface area contributed by atoms with Crippen LogP contribution in [0.5, 0.6) is 0 Å². The zero-order valence-electron chi connectivity index (χ0n) is 18.7. The van der Waals surface area contributed by atoms with Gasteiger partial charge in [-0.15, -0.1) is 0 Å². The summed E-state index contributed by atoms with van der Waals surface area (Å²) in [4.78, 5) is 51.8. The highest BCUT2D eigenvalue weighted by Gasteiger charge is 2.13. The van der Waals surface area contributed by atoms with Gasteiger partial charge in [-0.1, -0.05) is 6.58 Å². The van der Waals surface area contributed by atoms with Gasteiger partial charge in [0, 0.05) is 71.1 Å². The lowest BCUT2D eigenvalue weighted by atomic mass is 10.3. The zero-order chi connectivity index (χ0) is 23.1. The minimum atomic E-state index is -0.323. The molecule has 176 valence electrons. The molecule has 0 aromatic heterocycles. The van der Waals surface area contributed by atoms with Crippen LogP contribution in [0.2, 0.25) is 0 Å². The van der Waals surface area contributed by atoms with Crippen LogP contribution < -0.4 is 26.6 Å². The topological polar surface area (TPSA) is 135 Å². The maximum atomic E-state index is 12.0. The Balaban J connectivity index is 2.61. The fourth-order valence-electron chi connectivity index (χ4n) is 2.90. The van der Waals surface area contributed by atoms with Crippen LogP contribution in [0.25, 0.3) is 0 Å². The monoisotopic (exact) mass is 439 g/mol. The van der Waals surface area contributed by atoms with E-state index in [1.165, 1.54) is 0 Å². The number of nitrogens with zero attached hydrogens (tertiary/aromatic N) is 2. The lowest BCUT2D eigenvalue weighted by Crippen LogP contribution is -2.44. The molecule has 1 fully saturated rings. The Morgan fingerprint density at radius 3 is 1.58 bits per heavy atom. The number of hydrogen-bond acceptors (Lipinski definition) is 7. The summed E-state index contributed by atoms with van der Waals surface area (Å²) in [5, 5.41) is 14.1. The highest BCUT2D eigenvalue weighted by molar-refractivity contribution is 5.97. The Kier molecular flexibility index (Phi) is 12.9. The van der Waals surface area contributed by atoms with Gasteiger partial charge in [0.15, 0.2) is 0 Å². The van der Waals surface area contributed by atoms with Crippen molar-refractivity contribution < 1.29 is 19.2 Å². The minimum absolute atomic E-state index is 0.215. The first-order chi connectivity index (χ1) is 14.8. The number of rotatable bonds is 4. The molecule has 1 heterocycles. The van der Waals surface area contributed by atoms with E-state index >= 15 is 0 Å². The van der Waals surface area contributed by atoms with Gasteiger partial charge in [-0.05, 0) is 14.0 Å². The summed E-state index contributed by atoms with van der Waals surface area (Å²) in [5.41, 5.74) is 0.859. The molecule has 0 aromatic carbocycles. The van der Waals surface area contributed by atoms with Gasteiger partial charge in [0.1, 0.15) is 12.8 Å². The van der Waals surface area contributed by atoms with Gasteiger partial charge >= 0.3 is 0 Å². The summed E-state index contributed by atoms with van der Waals surface area (Å²) in [7, 11) is 1.86. The van der Waals surface area contributed by atoms with Gasteiger partial charge in [-0.25, -0.2) is 0 Å². The third-order valence-corrected chi connectivity index (χ3v) is 4.63. The molecule has 0 radical (unpaired) electrons. The standard InChI is InChI=1S/C20H37N7O4/c1-16(2)21-6-11-27-12-7-24-19(30)14-17(28)22-4-9-26(3)10-5-23-18(29)15-20(31)25-8-13-27/h21H,1,4-15H2,2-3H3,(H,22,28)(H,23,29)(H,24,30)(H,25,31). The molecule has 1 aliphatic rings. The second kappa shape index (κ2) is 15.2. The molecular weight excluding hydrogens is 402 g/mol. The Hall–Kier alpha value is -2.66. The van der Waals surface area contributed by atoms with E-state index in [1.54, 1.807) is 0 Å². The molecule has 0 bridgehead atoms. The van der Waals surface area contributed by atoms with Gasteiger partial charge in [0.25, 0.3) is 0 Å². The average Bonchev–Trinajstić information content (AvgIpc) is 2.66. The number of hydrogen-bond donors (Lipinski definition) is 5. The second-order valence-corrected chi connectivity index (χ2v) is 7.61. The fourth-order valence-corrected chi connectivity index (χ4v) is 2.90. The van der Waals surface area contributed by atoms with E-state index in [-0.39, 0.29) is 36.5 Å². The predicted octanol–water partition coefficient (Wildman–Crippen LogP) is -2.40. The van der Waals surface area contributed by atoms with Crippen molar-refractivity contribution in [1.82, 2.24) is 36.4 Å². The van der Waals surface area contributed by atoms with Crippen LogP contribution >= 0.6 is 0 Å². The number of allylic oxidation sites excluding steroid dienone is 1. The highest BCUT2D eigenvalue weighted by Crippen LogP contribution is 1.90. The van der Waals surface area contributed by atoms with Crippen LogP contribution in [0, 0.1) is 0 Å². The molecule has 1 saturated heterocycles. The van der Waals surface area contributed by atoms with Crippen LogP contribution in [0.4, 0.5) is 0 Å². The molecule has 0 aromatic rings. The third kappa shape index (κ3) is 14.1. The van der Waals surface area contributed by atoms with Crippen molar-refractivity contribution in [3.8, 4) is 0 Å². The van der Waals surface area contributed by atoms with Gasteiger partial charge in [-0.3, -0.25) is 24.1 Å². The Morgan fingerprint density at radius 1 is 0.806 bits per heavy atom. The normalized spacial score (nSPS) is 20.1. The van der Waals surface area contributed by atoms with Gasteiger partial charge in [0.2, 0.25) is 23.6 Å². The van der Waals surface area contributed by atoms with Crippen LogP contribution in [0.3, 0.4) is 0 Å². The van der Waals surface area contributed by atoms with Crippen molar-refractivity contribution in [2.75, 3.05) is 72.5 Å². The Morgan fingerprint density at radius 2 is 1.19 bits per heavy atom. The summed E-state index contributed by atoms with van der Waals surface area (Å²) in [6.45, 7) is 10.9. The van der Waals surface area contributed by atoms with Crippen molar-refractivity contribution in [3.05, 3.63) is 12.3 Å². The maximum absolute atomic E-state index is 12.0. The van der Waals surface area contributed by atoms with E-state index in [4.69, 9.17) is 0 Å². The lowest BCUT2D eigenvalue weighted by Gasteiger charge is -2.23. The second-order valence-electron chi connectivity index (χ2n) is 7.61. The van der Waals surface area contributed by atoms with Crippen molar-refractivity contribution in [3.63, 3.8) is 0 Å². The summed E-state index contributed by atoms with van der Waals surface area (Å²) in [6.07, 6.45) is -0.430. The van der Waals surface area contributed by atoms with Gasteiger partial charge in [0.05, 0.1) is 0 Å². The number of nitrogens with one attached hydrogen (secondary N) is 5. The molecular formula is C20H37N7O4. The number of amides is 4. The first-order valence-corrected chi connectivity index (χ1v) is 10.6. The van der Waals surface area contributed by atoms with Crippen LogP contribution in [-0.2, 0) is 19.2 Å². The number of likely N-dealkylation sites (N-methyl/N-ethyl adjacent to an activating group) is 1. The predicted molar refractivity (Wildman–Crippen MR) is 118 cm³/mol. The molecule has 0 aliphatic carbocycles. The third-order valence-electron chi connectivity index (χ3n) is 4.63. The van der Waals surface area contributed by atoms with Crippen LogP contribution in [-0.4, -0.2) is 106 Å². The molecule has 31 heavy (non-hydrogen) atoms. The van der Waals surface area contributed by atoms with Gasteiger partial charge in [-0.2, -0.15) is 0 Å². The molecule has 11 heteroatoms. The minimum Gasteiger partial charge on any atom is -0.388 e. The molecule has 0 saturated carbocycles. The zero-order valence-corrected chi connectivity index (χ0v) is 18.7. The SMILES string of the molecule is C=C(C)NCCN1CCNC(=O)CC(=O)NCCN(C)CCNC(=O)CC(=O)NCC1. The maximum Gasteiger partial charge on any atom is 0.229 e. The van der Waals surface area contributed by atoms with Crippen molar-refractivity contribution in [2.24, 2.45) is 0 Å². The van der Waals surface area contributed by atoms with Crippen molar-refractivity contribution in [1.29, 1.82) is 0 Å². The number of carbonyl (C=O) groups is 4. The van der Waals surface area contributed by atoms with Crippen molar-refractivity contribution >= 4 is 23.6 Å². The van der Waals surface area contributed by atoms with Crippen LogP contribution in [0.15, 0.2) is 12.3 Å². The largest absolute Gasteiger partial charge is 0.388 e. The molecule has 0 spiro atoms.